The van der Waals surface area contributed by atoms with Crippen LogP contribution in [0.25, 0.3) is 17.2 Å². The molecule has 1 aliphatic heterocycles. The Hall–Kier alpha value is -4.46. The van der Waals surface area contributed by atoms with Crippen molar-refractivity contribution in [1.29, 1.82) is 0 Å². The number of benzene rings is 3. The normalized spacial score (nSPS) is 17.1. The van der Waals surface area contributed by atoms with Gasteiger partial charge in [0.05, 0.1) is 0 Å². The van der Waals surface area contributed by atoms with Crippen molar-refractivity contribution in [3.05, 3.63) is 89.8 Å². The van der Waals surface area contributed by atoms with Crippen LogP contribution in [0.5, 0.6) is 5.75 Å². The SMILES string of the molecule is C=Cc1ccc(NC(=O)N2C[C@H](N=O)C[C@@H]2C(=O)Nc2ccc(-c3ccccc3O)cc2)cc1. The fraction of sp³-hybridized carbons (Fsp3) is 0.154. The first-order valence-corrected chi connectivity index (χ1v) is 10.8. The Balaban J connectivity index is 1.45. The molecule has 1 aliphatic rings. The Labute approximate surface area is 196 Å². The van der Waals surface area contributed by atoms with Crippen LogP contribution in [0.3, 0.4) is 0 Å². The molecule has 0 spiro atoms. The number of hydrogen-bond acceptors (Lipinski definition) is 5. The van der Waals surface area contributed by atoms with Crippen LogP contribution in [0, 0.1) is 4.91 Å². The molecule has 8 nitrogen and oxygen atoms in total. The summed E-state index contributed by atoms with van der Waals surface area (Å²) in [5.74, 6) is -0.239. The number of nitrogens with zero attached hydrogens (tertiary/aromatic N) is 2. The number of rotatable bonds is 6. The molecule has 34 heavy (non-hydrogen) atoms. The molecule has 0 saturated carbocycles. The molecule has 4 rings (SSSR count). The van der Waals surface area contributed by atoms with Crippen LogP contribution in [0.2, 0.25) is 0 Å². The van der Waals surface area contributed by atoms with E-state index in [1.807, 2.05) is 18.2 Å². The predicted molar refractivity (Wildman–Crippen MR) is 132 cm³/mol. The predicted octanol–water partition coefficient (Wildman–Crippen LogP) is 5.08. The minimum atomic E-state index is -0.840. The van der Waals surface area contributed by atoms with Gasteiger partial charge in [-0.15, -0.1) is 0 Å². The molecule has 3 N–H and O–H groups in total. The zero-order chi connectivity index (χ0) is 24.1. The Morgan fingerprint density at radius 2 is 1.62 bits per heavy atom. The molecule has 2 atom stereocenters. The highest BCUT2D eigenvalue weighted by atomic mass is 16.3. The minimum Gasteiger partial charge on any atom is -0.507 e. The first-order chi connectivity index (χ1) is 16.5. The van der Waals surface area contributed by atoms with E-state index in [-0.39, 0.29) is 18.7 Å². The molecule has 1 fully saturated rings. The molecule has 1 saturated heterocycles. The van der Waals surface area contributed by atoms with Gasteiger partial charge < -0.3 is 20.6 Å². The van der Waals surface area contributed by atoms with Crippen molar-refractivity contribution >= 4 is 29.4 Å². The van der Waals surface area contributed by atoms with E-state index in [2.05, 4.69) is 22.4 Å². The third-order valence-electron chi connectivity index (χ3n) is 5.76. The lowest BCUT2D eigenvalue weighted by molar-refractivity contribution is -0.119. The first kappa shape index (κ1) is 22.7. The monoisotopic (exact) mass is 456 g/mol. The van der Waals surface area contributed by atoms with Gasteiger partial charge in [-0.1, -0.05) is 60.3 Å². The molecule has 8 heteroatoms. The molecule has 3 aromatic carbocycles. The van der Waals surface area contributed by atoms with Gasteiger partial charge in [0.25, 0.3) is 0 Å². The van der Waals surface area contributed by atoms with Crippen LogP contribution in [0.4, 0.5) is 16.2 Å². The lowest BCUT2D eigenvalue weighted by Crippen LogP contribution is -2.45. The number of anilines is 2. The number of carbonyl (C=O) groups is 2. The number of phenols is 1. The summed E-state index contributed by atoms with van der Waals surface area (Å²) in [7, 11) is 0. The van der Waals surface area contributed by atoms with E-state index >= 15 is 0 Å². The summed E-state index contributed by atoms with van der Waals surface area (Å²) in [5, 5.41) is 18.7. The summed E-state index contributed by atoms with van der Waals surface area (Å²) in [6.45, 7) is 3.76. The van der Waals surface area contributed by atoms with Crippen molar-refractivity contribution in [2.75, 3.05) is 17.2 Å². The van der Waals surface area contributed by atoms with E-state index in [0.29, 0.717) is 16.9 Å². The summed E-state index contributed by atoms with van der Waals surface area (Å²) < 4.78 is 0. The van der Waals surface area contributed by atoms with Gasteiger partial charge in [-0.05, 0) is 41.5 Å². The van der Waals surface area contributed by atoms with Gasteiger partial charge in [0.1, 0.15) is 17.8 Å². The van der Waals surface area contributed by atoms with E-state index < -0.39 is 24.0 Å². The van der Waals surface area contributed by atoms with Crippen molar-refractivity contribution in [3.8, 4) is 16.9 Å². The summed E-state index contributed by atoms with van der Waals surface area (Å²) >= 11 is 0. The zero-order valence-corrected chi connectivity index (χ0v) is 18.3. The molecule has 0 radical (unpaired) electrons. The van der Waals surface area contributed by atoms with Crippen LogP contribution in [-0.4, -0.2) is 40.6 Å². The van der Waals surface area contributed by atoms with Gasteiger partial charge in [-0.2, -0.15) is 4.91 Å². The van der Waals surface area contributed by atoms with Crippen LogP contribution >= 0.6 is 0 Å². The van der Waals surface area contributed by atoms with Crippen molar-refractivity contribution < 1.29 is 14.7 Å². The van der Waals surface area contributed by atoms with Crippen molar-refractivity contribution in [2.24, 2.45) is 5.18 Å². The molecule has 0 bridgehead atoms. The highest BCUT2D eigenvalue weighted by Gasteiger charge is 2.40. The number of nitrogens with one attached hydrogen (secondary N) is 2. The van der Waals surface area contributed by atoms with Gasteiger partial charge >= 0.3 is 6.03 Å². The number of carbonyl (C=O) groups excluding carboxylic acids is 2. The number of amides is 3. The van der Waals surface area contributed by atoms with Gasteiger partial charge in [0, 0.05) is 29.9 Å². The van der Waals surface area contributed by atoms with Crippen LogP contribution in [-0.2, 0) is 4.79 Å². The molecular weight excluding hydrogens is 432 g/mol. The second-order valence-electron chi connectivity index (χ2n) is 8.00. The molecule has 0 unspecified atom stereocenters. The third kappa shape index (κ3) is 4.96. The fourth-order valence-electron chi connectivity index (χ4n) is 3.94. The number of para-hydroxylation sites is 1. The third-order valence-corrected chi connectivity index (χ3v) is 5.76. The second-order valence-corrected chi connectivity index (χ2v) is 8.00. The topological polar surface area (TPSA) is 111 Å². The van der Waals surface area contributed by atoms with E-state index in [1.54, 1.807) is 60.7 Å². The fourth-order valence-corrected chi connectivity index (χ4v) is 3.94. The number of hydrogen-bond donors (Lipinski definition) is 3. The number of nitroso groups, excluding NO2 is 1. The highest BCUT2D eigenvalue weighted by Crippen LogP contribution is 2.30. The zero-order valence-electron chi connectivity index (χ0n) is 18.3. The largest absolute Gasteiger partial charge is 0.507 e. The summed E-state index contributed by atoms with van der Waals surface area (Å²) in [6, 6.07) is 19.1. The standard InChI is InChI=1S/C26H24N4O4/c1-2-17-7-11-20(12-8-17)28-26(33)30-16-21(29-34)15-23(30)25(32)27-19-13-9-18(10-14-19)22-5-3-4-6-24(22)31/h2-14,21,23,31H,1,15-16H2,(H,27,32)(H,28,33)/t21-,23-/m1/s1. The second kappa shape index (κ2) is 9.99. The van der Waals surface area contributed by atoms with Crippen LogP contribution in [0.1, 0.15) is 12.0 Å². The van der Waals surface area contributed by atoms with E-state index in [0.717, 1.165) is 11.1 Å². The van der Waals surface area contributed by atoms with Gasteiger partial charge in [0.2, 0.25) is 5.91 Å². The average molecular weight is 457 g/mol. The maximum Gasteiger partial charge on any atom is 0.322 e. The lowest BCUT2D eigenvalue weighted by atomic mass is 10.0. The number of phenolic OH excluding ortho intramolecular Hbond substituents is 1. The molecule has 172 valence electrons. The Bertz CT molecular complexity index is 1210. The van der Waals surface area contributed by atoms with E-state index in [1.165, 1.54) is 4.90 Å². The van der Waals surface area contributed by atoms with Crippen LogP contribution in [0.15, 0.2) is 84.6 Å². The van der Waals surface area contributed by atoms with Gasteiger partial charge in [-0.3, -0.25) is 4.79 Å². The molecule has 1 heterocycles. The Kier molecular flexibility index (Phi) is 6.68. The van der Waals surface area contributed by atoms with Crippen molar-refractivity contribution in [1.82, 2.24) is 4.90 Å². The first-order valence-electron chi connectivity index (χ1n) is 10.8. The molecule has 0 aliphatic carbocycles. The highest BCUT2D eigenvalue weighted by molar-refractivity contribution is 6.00. The number of urea groups is 1. The summed E-state index contributed by atoms with van der Waals surface area (Å²) in [4.78, 5) is 38.4. The average Bonchev–Trinajstić information content (AvgIpc) is 3.30. The van der Waals surface area contributed by atoms with Gasteiger partial charge in [-0.25, -0.2) is 4.79 Å². The van der Waals surface area contributed by atoms with E-state index in [9.17, 15) is 19.6 Å². The minimum absolute atomic E-state index is 0.0599. The lowest BCUT2D eigenvalue weighted by Gasteiger charge is -2.24. The number of likely N-dealkylation sites (tertiary alicyclic amines) is 1. The summed E-state index contributed by atoms with van der Waals surface area (Å²) in [6.07, 6.45) is 1.84. The molecule has 0 aromatic heterocycles. The number of aromatic hydroxyl groups is 1. The Morgan fingerprint density at radius 1 is 0.971 bits per heavy atom. The Morgan fingerprint density at radius 3 is 2.26 bits per heavy atom. The summed E-state index contributed by atoms with van der Waals surface area (Å²) in [5.41, 5.74) is 3.49. The van der Waals surface area contributed by atoms with Crippen LogP contribution < -0.4 is 10.6 Å². The van der Waals surface area contributed by atoms with Gasteiger partial charge in [0.15, 0.2) is 0 Å². The van der Waals surface area contributed by atoms with E-state index in [4.69, 9.17) is 0 Å². The molecule has 3 aromatic rings. The smallest absolute Gasteiger partial charge is 0.322 e. The van der Waals surface area contributed by atoms with Crippen molar-refractivity contribution in [2.45, 2.75) is 18.5 Å². The maximum atomic E-state index is 13.0. The quantitative estimate of drug-likeness (QED) is 0.449. The maximum absolute atomic E-state index is 13.0. The molecular formula is C26H24N4O4. The molecule has 3 amide bonds. The van der Waals surface area contributed by atoms with Crippen molar-refractivity contribution in [3.63, 3.8) is 0 Å².